The number of thioether (sulfide) groups is 1. The van der Waals surface area contributed by atoms with Crippen LogP contribution in [-0.2, 0) is 10.5 Å². The fourth-order valence-corrected chi connectivity index (χ4v) is 3.49. The third-order valence-electron chi connectivity index (χ3n) is 3.76. The van der Waals surface area contributed by atoms with Crippen molar-refractivity contribution in [2.45, 2.75) is 23.5 Å². The zero-order valence-corrected chi connectivity index (χ0v) is 12.3. The van der Waals surface area contributed by atoms with E-state index in [2.05, 4.69) is 0 Å². The molecule has 0 aromatic heterocycles. The number of hydrogen-bond acceptors (Lipinski definition) is 3. The van der Waals surface area contributed by atoms with Crippen molar-refractivity contribution in [2.75, 3.05) is 0 Å². The van der Waals surface area contributed by atoms with Gasteiger partial charge in [-0.2, -0.15) is 0 Å². The van der Waals surface area contributed by atoms with Crippen LogP contribution in [0, 0.1) is 0 Å². The molecule has 1 aliphatic rings. The Kier molecular flexibility index (Phi) is 3.55. The highest BCUT2D eigenvalue weighted by Crippen LogP contribution is 2.34. The molecule has 1 atom stereocenters. The summed E-state index contributed by atoms with van der Waals surface area (Å²) >= 11 is 1.62. The Balaban J connectivity index is 2.07. The van der Waals surface area contributed by atoms with Gasteiger partial charge in [-0.15, -0.1) is 11.8 Å². The second-order valence-electron chi connectivity index (χ2n) is 5.09. The molecule has 3 nitrogen and oxygen atoms in total. The summed E-state index contributed by atoms with van der Waals surface area (Å²) in [5.74, 6) is -0.731. The van der Waals surface area contributed by atoms with Crippen LogP contribution in [0.2, 0.25) is 0 Å². The highest BCUT2D eigenvalue weighted by atomic mass is 32.2. The number of carboxylic acid groups (broad SMARTS) is 1. The molecule has 0 saturated carbocycles. The first-order chi connectivity index (χ1) is 10.1. The molecule has 3 rings (SSSR count). The Morgan fingerprint density at radius 2 is 1.95 bits per heavy atom. The van der Waals surface area contributed by atoms with Gasteiger partial charge in [-0.3, -0.25) is 9.59 Å². The Labute approximate surface area is 127 Å². The molecule has 1 N–H and O–H groups in total. The normalized spacial score (nSPS) is 14.8. The predicted molar refractivity (Wildman–Crippen MR) is 81.9 cm³/mol. The number of carboxylic acids is 1. The summed E-state index contributed by atoms with van der Waals surface area (Å²) in [7, 11) is 0. The fraction of sp³-hybridized carbons (Fsp3) is 0.176. The van der Waals surface area contributed by atoms with Gasteiger partial charge in [0.25, 0.3) is 0 Å². The minimum absolute atomic E-state index is 0.0140. The zero-order chi connectivity index (χ0) is 15.0. The van der Waals surface area contributed by atoms with E-state index >= 15 is 0 Å². The summed E-state index contributed by atoms with van der Waals surface area (Å²) in [4.78, 5) is 24.7. The lowest BCUT2D eigenvalue weighted by Crippen LogP contribution is -2.09. The van der Waals surface area contributed by atoms with Crippen LogP contribution in [0.4, 0.5) is 0 Å². The largest absolute Gasteiger partial charge is 0.481 e. The molecule has 2 aromatic rings. The van der Waals surface area contributed by atoms with Gasteiger partial charge in [0.1, 0.15) is 0 Å². The molecule has 1 unspecified atom stereocenters. The van der Waals surface area contributed by atoms with Crippen molar-refractivity contribution in [1.82, 2.24) is 0 Å². The van der Waals surface area contributed by atoms with Crippen molar-refractivity contribution in [3.63, 3.8) is 0 Å². The number of hydrogen-bond donors (Lipinski definition) is 1. The molecule has 0 amide bonds. The molecule has 0 spiro atoms. The maximum Gasteiger partial charge on any atom is 0.310 e. The van der Waals surface area contributed by atoms with Crippen LogP contribution in [0.1, 0.15) is 39.9 Å². The average Bonchev–Trinajstić information content (AvgIpc) is 2.64. The lowest BCUT2D eigenvalue weighted by atomic mass is 9.93. The first-order valence-corrected chi connectivity index (χ1v) is 7.68. The average molecular weight is 298 g/mol. The molecule has 0 aliphatic carbocycles. The standard InChI is InChI=1S/C17H14O3S/c1-10(17(19)20)11-6-7-13-12(8-11)9-21-15-5-3-2-4-14(15)16(13)18/h2-8,10H,9H2,1H3,(H,19,20). The molecule has 0 radical (unpaired) electrons. The van der Waals surface area contributed by atoms with E-state index in [9.17, 15) is 9.59 Å². The van der Waals surface area contributed by atoms with Gasteiger partial charge in [0.2, 0.25) is 0 Å². The summed E-state index contributed by atoms with van der Waals surface area (Å²) < 4.78 is 0. The SMILES string of the molecule is CC(C(=O)O)c1ccc2c(c1)CSc1ccccc1C2=O. The quantitative estimate of drug-likeness (QED) is 0.918. The van der Waals surface area contributed by atoms with E-state index in [1.807, 2.05) is 30.3 Å². The van der Waals surface area contributed by atoms with Gasteiger partial charge in [0, 0.05) is 21.8 Å². The van der Waals surface area contributed by atoms with E-state index in [-0.39, 0.29) is 5.78 Å². The van der Waals surface area contributed by atoms with Crippen LogP contribution in [-0.4, -0.2) is 16.9 Å². The van der Waals surface area contributed by atoms with E-state index < -0.39 is 11.9 Å². The van der Waals surface area contributed by atoms with Crippen LogP contribution in [0.25, 0.3) is 0 Å². The third kappa shape index (κ3) is 2.47. The number of carbonyl (C=O) groups is 2. The zero-order valence-electron chi connectivity index (χ0n) is 11.5. The summed E-state index contributed by atoms with van der Waals surface area (Å²) in [5, 5.41) is 9.12. The molecule has 4 heteroatoms. The summed E-state index contributed by atoms with van der Waals surface area (Å²) in [6.07, 6.45) is 0. The highest BCUT2D eigenvalue weighted by molar-refractivity contribution is 7.98. The van der Waals surface area contributed by atoms with Crippen LogP contribution in [0.5, 0.6) is 0 Å². The number of ketones is 1. The third-order valence-corrected chi connectivity index (χ3v) is 4.88. The van der Waals surface area contributed by atoms with E-state index in [0.29, 0.717) is 11.3 Å². The van der Waals surface area contributed by atoms with Crippen molar-refractivity contribution in [3.8, 4) is 0 Å². The van der Waals surface area contributed by atoms with Gasteiger partial charge < -0.3 is 5.11 Å². The number of fused-ring (bicyclic) bond motifs is 2. The maximum absolute atomic E-state index is 12.6. The molecule has 21 heavy (non-hydrogen) atoms. The molecular weight excluding hydrogens is 284 g/mol. The van der Waals surface area contributed by atoms with Crippen molar-refractivity contribution in [3.05, 3.63) is 64.7 Å². The monoisotopic (exact) mass is 298 g/mol. The van der Waals surface area contributed by atoms with Crippen LogP contribution in [0.15, 0.2) is 47.4 Å². The number of benzene rings is 2. The van der Waals surface area contributed by atoms with Crippen molar-refractivity contribution in [1.29, 1.82) is 0 Å². The molecule has 0 fully saturated rings. The Morgan fingerprint density at radius 1 is 1.19 bits per heavy atom. The van der Waals surface area contributed by atoms with Gasteiger partial charge in [-0.05, 0) is 30.2 Å². The topological polar surface area (TPSA) is 54.4 Å². The van der Waals surface area contributed by atoms with Gasteiger partial charge in [-0.25, -0.2) is 0 Å². The van der Waals surface area contributed by atoms with Gasteiger partial charge >= 0.3 is 5.97 Å². The van der Waals surface area contributed by atoms with Crippen molar-refractivity contribution >= 4 is 23.5 Å². The predicted octanol–water partition coefficient (Wildman–Crippen LogP) is 3.71. The van der Waals surface area contributed by atoms with E-state index in [1.54, 1.807) is 30.8 Å². The molecular formula is C17H14O3S. The second-order valence-corrected chi connectivity index (χ2v) is 6.11. The van der Waals surface area contributed by atoms with Gasteiger partial charge in [0.15, 0.2) is 5.78 Å². The van der Waals surface area contributed by atoms with Crippen molar-refractivity contribution < 1.29 is 14.7 Å². The van der Waals surface area contributed by atoms with Gasteiger partial charge in [-0.1, -0.05) is 30.3 Å². The maximum atomic E-state index is 12.6. The fourth-order valence-electron chi connectivity index (χ4n) is 2.45. The Hall–Kier alpha value is -2.07. The minimum Gasteiger partial charge on any atom is -0.481 e. The van der Waals surface area contributed by atoms with Crippen molar-refractivity contribution in [2.24, 2.45) is 0 Å². The highest BCUT2D eigenvalue weighted by Gasteiger charge is 2.23. The summed E-state index contributed by atoms with van der Waals surface area (Å²) in [6.45, 7) is 1.66. The minimum atomic E-state index is -0.856. The molecule has 0 saturated heterocycles. The van der Waals surface area contributed by atoms with Gasteiger partial charge in [0.05, 0.1) is 5.92 Å². The number of rotatable bonds is 2. The molecule has 106 valence electrons. The lowest BCUT2D eigenvalue weighted by Gasteiger charge is -2.11. The summed E-state index contributed by atoms with van der Waals surface area (Å²) in [6, 6.07) is 12.9. The van der Waals surface area contributed by atoms with Crippen LogP contribution >= 0.6 is 11.8 Å². The first kappa shape index (κ1) is 13.9. The smallest absolute Gasteiger partial charge is 0.310 e. The molecule has 0 bridgehead atoms. The molecule has 1 heterocycles. The number of aliphatic carboxylic acids is 1. The van der Waals surface area contributed by atoms with Crippen LogP contribution in [0.3, 0.4) is 0 Å². The number of carbonyl (C=O) groups excluding carboxylic acids is 1. The first-order valence-electron chi connectivity index (χ1n) is 6.70. The lowest BCUT2D eigenvalue weighted by molar-refractivity contribution is -0.138. The van der Waals surface area contributed by atoms with E-state index in [0.717, 1.165) is 21.6 Å². The Bertz CT molecular complexity index is 737. The molecule has 2 aromatic carbocycles. The van der Waals surface area contributed by atoms with E-state index in [1.165, 1.54) is 0 Å². The summed E-state index contributed by atoms with van der Waals surface area (Å²) in [5.41, 5.74) is 3.04. The second kappa shape index (κ2) is 5.37. The van der Waals surface area contributed by atoms with Crippen LogP contribution < -0.4 is 0 Å². The van der Waals surface area contributed by atoms with E-state index in [4.69, 9.17) is 5.11 Å². The Morgan fingerprint density at radius 3 is 2.71 bits per heavy atom. The molecule has 1 aliphatic heterocycles.